The summed E-state index contributed by atoms with van der Waals surface area (Å²) < 4.78 is 69.8. The van der Waals surface area contributed by atoms with Crippen LogP contribution in [0.3, 0.4) is 0 Å². The molecule has 0 N–H and O–H groups in total. The molecule has 10 rings (SSSR count). The molecule has 0 saturated carbocycles. The van der Waals surface area contributed by atoms with Crippen LogP contribution in [0.25, 0.3) is 0 Å². The average molecular weight is 733 g/mol. The van der Waals surface area contributed by atoms with Gasteiger partial charge in [0.1, 0.15) is 52.3 Å². The van der Waals surface area contributed by atoms with Crippen LogP contribution in [0.2, 0.25) is 0 Å². The van der Waals surface area contributed by atoms with Crippen LogP contribution in [0, 0.1) is 0 Å². The summed E-state index contributed by atoms with van der Waals surface area (Å²) in [5.41, 5.74) is 2.62. The number of methoxy groups -OCH3 is 2. The van der Waals surface area contributed by atoms with Crippen molar-refractivity contribution in [3.05, 3.63) is 107 Å². The van der Waals surface area contributed by atoms with Gasteiger partial charge in [0.05, 0.1) is 32.2 Å². The number of aryl methyl sites for hydroxylation is 1. The van der Waals surface area contributed by atoms with Crippen LogP contribution in [0.4, 0.5) is 13.2 Å². The second-order valence-corrected chi connectivity index (χ2v) is 13.4. The number of pyridine rings is 2. The van der Waals surface area contributed by atoms with Crippen molar-refractivity contribution in [3.8, 4) is 23.3 Å². The first-order valence-electron chi connectivity index (χ1n) is 16.7. The molecule has 268 valence electrons. The Bertz CT molecular complexity index is 2270. The summed E-state index contributed by atoms with van der Waals surface area (Å²) >= 11 is 5.79. The number of alkyl halides is 3. The molecule has 1 amide bonds. The molecule has 2 spiro atoms. The number of amides is 1. The lowest BCUT2D eigenvalue weighted by Gasteiger charge is -2.24. The predicted molar refractivity (Wildman–Crippen MR) is 182 cm³/mol. The van der Waals surface area contributed by atoms with Crippen LogP contribution in [-0.2, 0) is 34.8 Å². The molecule has 0 saturated heterocycles. The molecule has 0 bridgehead atoms. The molecular formula is C36H31F3N6O6S. The van der Waals surface area contributed by atoms with Crippen molar-refractivity contribution in [2.75, 3.05) is 44.0 Å². The van der Waals surface area contributed by atoms with E-state index in [0.29, 0.717) is 46.2 Å². The first-order chi connectivity index (χ1) is 25.1. The largest absolute Gasteiger partial charge is 0.490 e. The Morgan fingerprint density at radius 3 is 2.23 bits per heavy atom. The monoisotopic (exact) mass is 732 g/mol. The minimum absolute atomic E-state index is 0.0393. The van der Waals surface area contributed by atoms with Crippen molar-refractivity contribution in [2.45, 2.75) is 42.8 Å². The van der Waals surface area contributed by atoms with Crippen LogP contribution in [0.1, 0.15) is 52.8 Å². The first kappa shape index (κ1) is 32.4. The van der Waals surface area contributed by atoms with Crippen LogP contribution >= 0.6 is 12.2 Å². The van der Waals surface area contributed by atoms with Gasteiger partial charge in [0.15, 0.2) is 5.41 Å². The summed E-state index contributed by atoms with van der Waals surface area (Å²) in [5, 5.41) is 3.57. The van der Waals surface area contributed by atoms with E-state index in [0.717, 1.165) is 43.3 Å². The van der Waals surface area contributed by atoms with E-state index in [1.165, 1.54) is 18.9 Å². The van der Waals surface area contributed by atoms with Crippen LogP contribution in [0.5, 0.6) is 23.3 Å². The van der Waals surface area contributed by atoms with E-state index < -0.39 is 22.8 Å². The standard InChI is InChI=1S/C19H14F3N3O3S.C17H17N3O3/c1-26-15-7-5-12-16(23-15)18(10-27-12)13-3-2-8-24(13)25(17(18)29)9-11-4-6-14(28-11)19(20,21)22;1-22-14-8-6-12-15(18-14)17(10-23-12)13-7-5-11-4-2-3-9-19(16(17)21)20(11)13/h2-8H,9-10H2,1H3;5-8H,2-4,9-10H2,1H3. The van der Waals surface area contributed by atoms with Crippen molar-refractivity contribution in [3.63, 3.8) is 0 Å². The van der Waals surface area contributed by atoms with Crippen LogP contribution in [-0.4, -0.2) is 64.2 Å². The second-order valence-electron chi connectivity index (χ2n) is 13.1. The number of halogens is 3. The molecule has 0 aromatic carbocycles. The Morgan fingerprint density at radius 2 is 1.56 bits per heavy atom. The van der Waals surface area contributed by atoms with E-state index in [1.54, 1.807) is 41.2 Å². The Kier molecular flexibility index (Phi) is 7.16. The summed E-state index contributed by atoms with van der Waals surface area (Å²) in [6.45, 7) is 1.33. The van der Waals surface area contributed by atoms with Gasteiger partial charge in [-0.2, -0.15) is 13.2 Å². The van der Waals surface area contributed by atoms with Crippen molar-refractivity contribution < 1.29 is 41.3 Å². The zero-order chi connectivity index (χ0) is 36.0. The number of furan rings is 1. The molecule has 12 nitrogen and oxygen atoms in total. The maximum absolute atomic E-state index is 13.3. The van der Waals surface area contributed by atoms with Gasteiger partial charge in [-0.3, -0.25) is 19.2 Å². The Hall–Kier alpha value is -5.51. The van der Waals surface area contributed by atoms with Gasteiger partial charge in [0, 0.05) is 30.6 Å². The zero-order valence-corrected chi connectivity index (χ0v) is 28.8. The van der Waals surface area contributed by atoms with Gasteiger partial charge < -0.3 is 23.4 Å². The van der Waals surface area contributed by atoms with Gasteiger partial charge >= 0.3 is 6.18 Å². The SMILES string of the molecule is COc1ccc2c(n1)C1(CO2)C(=O)N2CCCCc3ccc1n32.COc1ccc2c(n1)C1(CO2)C(=S)N(Cc2ccc(C(F)(F)F)o2)n2cccc21. The maximum atomic E-state index is 13.3. The highest BCUT2D eigenvalue weighted by molar-refractivity contribution is 7.80. The fraction of sp³-hybridized carbons (Fsp3) is 0.333. The molecule has 52 heavy (non-hydrogen) atoms. The van der Waals surface area contributed by atoms with Crippen molar-refractivity contribution in [1.82, 2.24) is 19.3 Å². The number of aromatic nitrogens is 4. The molecular weight excluding hydrogens is 701 g/mol. The van der Waals surface area contributed by atoms with Gasteiger partial charge in [-0.25, -0.2) is 15.0 Å². The molecule has 2 atom stereocenters. The maximum Gasteiger partial charge on any atom is 0.449 e. The highest BCUT2D eigenvalue weighted by Gasteiger charge is 2.60. The number of thiocarbonyl (C=S) groups is 1. The molecule has 0 radical (unpaired) electrons. The Labute approximate surface area is 300 Å². The lowest BCUT2D eigenvalue weighted by molar-refractivity contribution is -0.153. The van der Waals surface area contributed by atoms with Gasteiger partial charge in [-0.05, 0) is 67.8 Å². The number of nitrogens with zero attached hydrogens (tertiary/aromatic N) is 6. The topological polar surface area (TPSA) is 109 Å². The molecule has 5 aromatic heterocycles. The molecule has 5 aliphatic rings. The third-order valence-corrected chi connectivity index (χ3v) is 10.9. The molecule has 5 aliphatic heterocycles. The van der Waals surface area contributed by atoms with E-state index in [-0.39, 0.29) is 24.8 Å². The summed E-state index contributed by atoms with van der Waals surface area (Å²) in [6.07, 6.45) is 0.380. The highest BCUT2D eigenvalue weighted by atomic mass is 32.1. The zero-order valence-electron chi connectivity index (χ0n) is 28.0. The molecule has 16 heteroatoms. The van der Waals surface area contributed by atoms with Crippen LogP contribution < -0.4 is 29.0 Å². The number of carbonyl (C=O) groups excluding carboxylic acids is 1. The van der Waals surface area contributed by atoms with Crippen LogP contribution in [0.15, 0.2) is 71.3 Å². The minimum atomic E-state index is -4.54. The fourth-order valence-corrected chi connectivity index (χ4v) is 8.28. The predicted octanol–water partition coefficient (Wildman–Crippen LogP) is 5.05. The minimum Gasteiger partial charge on any atom is -0.490 e. The Balaban J connectivity index is 0.000000142. The lowest BCUT2D eigenvalue weighted by Crippen LogP contribution is -2.45. The number of ether oxygens (including phenoxy) is 4. The molecule has 0 fully saturated rings. The van der Waals surface area contributed by atoms with E-state index in [1.807, 2.05) is 23.2 Å². The third kappa shape index (κ3) is 4.45. The normalized spacial score (nSPS) is 22.0. The summed E-state index contributed by atoms with van der Waals surface area (Å²) in [5.74, 6) is 1.37. The number of fused-ring (bicyclic) bond motifs is 7. The second kappa shape index (κ2) is 11.5. The molecule has 5 aromatic rings. The number of hydrogen-bond acceptors (Lipinski definition) is 9. The van der Waals surface area contributed by atoms with Crippen molar-refractivity contribution in [2.24, 2.45) is 0 Å². The number of carbonyl (C=O) groups is 1. The van der Waals surface area contributed by atoms with E-state index >= 15 is 0 Å². The molecule has 2 unspecified atom stereocenters. The van der Waals surface area contributed by atoms with Gasteiger partial charge in [-0.1, -0.05) is 12.2 Å². The summed E-state index contributed by atoms with van der Waals surface area (Å²) in [7, 11) is 3.10. The smallest absolute Gasteiger partial charge is 0.449 e. The summed E-state index contributed by atoms with van der Waals surface area (Å²) in [4.78, 5) is 22.9. The third-order valence-electron chi connectivity index (χ3n) is 10.3. The highest BCUT2D eigenvalue weighted by Crippen LogP contribution is 2.50. The van der Waals surface area contributed by atoms with E-state index in [4.69, 9.17) is 35.6 Å². The molecule has 0 aliphatic carbocycles. The van der Waals surface area contributed by atoms with Crippen molar-refractivity contribution in [1.29, 1.82) is 0 Å². The fourth-order valence-electron chi connectivity index (χ4n) is 7.87. The average Bonchev–Trinajstić information content (AvgIpc) is 4.00. The van der Waals surface area contributed by atoms with E-state index in [9.17, 15) is 18.0 Å². The van der Waals surface area contributed by atoms with Gasteiger partial charge in [-0.15, -0.1) is 0 Å². The van der Waals surface area contributed by atoms with Gasteiger partial charge in [0.25, 0.3) is 5.91 Å². The summed E-state index contributed by atoms with van der Waals surface area (Å²) in [6, 6.07) is 17.2. The lowest BCUT2D eigenvalue weighted by atomic mass is 9.82. The molecule has 10 heterocycles. The number of rotatable bonds is 4. The van der Waals surface area contributed by atoms with Gasteiger partial charge in [0.2, 0.25) is 17.5 Å². The van der Waals surface area contributed by atoms with E-state index in [2.05, 4.69) is 26.8 Å². The number of hydrogen-bond donors (Lipinski definition) is 0. The quantitative estimate of drug-likeness (QED) is 0.233. The Morgan fingerprint density at radius 1 is 0.865 bits per heavy atom. The van der Waals surface area contributed by atoms with Crippen molar-refractivity contribution >= 4 is 23.1 Å². The first-order valence-corrected chi connectivity index (χ1v) is 17.1.